The van der Waals surface area contributed by atoms with Gasteiger partial charge in [0.15, 0.2) is 0 Å². The third-order valence-corrected chi connectivity index (χ3v) is 6.55. The molecule has 130 valence electrons. The molecule has 0 aliphatic heterocycles. The molecule has 1 amide bonds. The first-order valence-corrected chi connectivity index (χ1v) is 9.99. The molecule has 1 aliphatic rings. The van der Waals surface area contributed by atoms with E-state index in [1.54, 1.807) is 11.3 Å². The van der Waals surface area contributed by atoms with Gasteiger partial charge in [-0.2, -0.15) is 0 Å². The molecule has 2 N–H and O–H groups in total. The molecule has 0 atom stereocenters. The van der Waals surface area contributed by atoms with E-state index in [2.05, 4.69) is 46.3 Å². The zero-order valence-corrected chi connectivity index (χ0v) is 15.3. The maximum absolute atomic E-state index is 12.0. The number of thiophene rings is 1. The van der Waals surface area contributed by atoms with Gasteiger partial charge in [0.05, 0.1) is 0 Å². The maximum Gasteiger partial charge on any atom is 0.249 e. The molecule has 4 heteroatoms. The molecule has 2 aromatic carbocycles. The number of hydrogen-bond donors (Lipinski definition) is 1. The minimum atomic E-state index is -0.361. The van der Waals surface area contributed by atoms with Crippen molar-refractivity contribution < 1.29 is 4.79 Å². The number of carbonyl (C=O) groups is 1. The molecule has 0 unspecified atom stereocenters. The summed E-state index contributed by atoms with van der Waals surface area (Å²) in [6.45, 7) is 1.01. The molecule has 3 nitrogen and oxygen atoms in total. The normalized spacial score (nSPS) is 14.8. The number of rotatable bonds is 4. The molecule has 0 bridgehead atoms. The zero-order valence-electron chi connectivity index (χ0n) is 14.4. The van der Waals surface area contributed by atoms with Crippen molar-refractivity contribution in [2.75, 3.05) is 0 Å². The summed E-state index contributed by atoms with van der Waals surface area (Å²) in [5, 5.41) is 4.22. The Balaban J connectivity index is 1.81. The number of nitrogens with zero attached hydrogens (tertiary/aromatic N) is 1. The van der Waals surface area contributed by atoms with Crippen LogP contribution >= 0.6 is 11.3 Å². The summed E-state index contributed by atoms with van der Waals surface area (Å²) >= 11 is 1.75. The topological polar surface area (TPSA) is 48.0 Å². The third-order valence-electron chi connectivity index (χ3n) is 5.63. The van der Waals surface area contributed by atoms with E-state index in [9.17, 15) is 4.79 Å². The molecule has 0 radical (unpaired) electrons. The number of amides is 1. The van der Waals surface area contributed by atoms with Crippen LogP contribution in [-0.2, 0) is 6.54 Å². The van der Waals surface area contributed by atoms with Crippen LogP contribution in [0.3, 0.4) is 0 Å². The molecule has 1 fully saturated rings. The van der Waals surface area contributed by atoms with Crippen molar-refractivity contribution in [1.82, 2.24) is 4.57 Å². The smallest absolute Gasteiger partial charge is 0.249 e. The van der Waals surface area contributed by atoms with E-state index in [-0.39, 0.29) is 5.91 Å². The van der Waals surface area contributed by atoms with Gasteiger partial charge >= 0.3 is 0 Å². The maximum atomic E-state index is 12.0. The predicted octanol–water partition coefficient (Wildman–Crippen LogP) is 5.42. The van der Waals surface area contributed by atoms with E-state index in [0.29, 0.717) is 5.56 Å². The summed E-state index contributed by atoms with van der Waals surface area (Å²) in [5.41, 5.74) is 9.84. The summed E-state index contributed by atoms with van der Waals surface area (Å²) in [6, 6.07) is 16.7. The van der Waals surface area contributed by atoms with E-state index >= 15 is 0 Å². The molecular weight excluding hydrogens is 340 g/mol. The molecule has 5 rings (SSSR count). The summed E-state index contributed by atoms with van der Waals surface area (Å²) < 4.78 is 2.40. The lowest BCUT2D eigenvalue weighted by Crippen LogP contribution is -2.18. The minimum absolute atomic E-state index is 0.361. The van der Waals surface area contributed by atoms with E-state index in [4.69, 9.17) is 5.73 Å². The van der Waals surface area contributed by atoms with Gasteiger partial charge in [0.25, 0.3) is 0 Å². The molecule has 1 saturated carbocycles. The quantitative estimate of drug-likeness (QED) is 0.519. The molecule has 0 saturated heterocycles. The van der Waals surface area contributed by atoms with Crippen molar-refractivity contribution in [3.63, 3.8) is 0 Å². The number of primary amides is 1. The SMILES string of the molecule is NC(=O)c1cccc2c1c1ccc(-c3cccs3)cc1n2CC1CCC1. The molecule has 2 aromatic heterocycles. The Morgan fingerprint density at radius 1 is 1.12 bits per heavy atom. The summed E-state index contributed by atoms with van der Waals surface area (Å²) in [5.74, 6) is 0.372. The zero-order chi connectivity index (χ0) is 17.7. The molecular formula is C22H20N2OS. The van der Waals surface area contributed by atoms with Gasteiger partial charge in [-0.25, -0.2) is 0 Å². The van der Waals surface area contributed by atoms with Crippen LogP contribution in [0.1, 0.15) is 29.6 Å². The first-order valence-electron chi connectivity index (χ1n) is 9.11. The monoisotopic (exact) mass is 360 g/mol. The van der Waals surface area contributed by atoms with Crippen molar-refractivity contribution in [2.24, 2.45) is 11.7 Å². The van der Waals surface area contributed by atoms with Crippen molar-refractivity contribution >= 4 is 39.0 Å². The minimum Gasteiger partial charge on any atom is -0.366 e. The van der Waals surface area contributed by atoms with Crippen molar-refractivity contribution in [1.29, 1.82) is 0 Å². The Hall–Kier alpha value is -2.59. The number of benzene rings is 2. The van der Waals surface area contributed by atoms with Crippen LogP contribution in [0, 0.1) is 5.92 Å². The molecule has 2 heterocycles. The summed E-state index contributed by atoms with van der Waals surface area (Å²) in [6.07, 6.45) is 3.91. The Morgan fingerprint density at radius 3 is 2.69 bits per heavy atom. The second kappa shape index (κ2) is 5.99. The molecule has 1 aliphatic carbocycles. The second-order valence-electron chi connectivity index (χ2n) is 7.18. The first-order chi connectivity index (χ1) is 12.7. The predicted molar refractivity (Wildman–Crippen MR) is 109 cm³/mol. The number of hydrogen-bond acceptors (Lipinski definition) is 2. The van der Waals surface area contributed by atoms with E-state index in [1.807, 2.05) is 12.1 Å². The van der Waals surface area contributed by atoms with Crippen molar-refractivity contribution in [3.05, 3.63) is 59.5 Å². The van der Waals surface area contributed by atoms with Gasteiger partial charge in [0.1, 0.15) is 0 Å². The standard InChI is InChI=1S/C22H20N2OS/c23-22(25)17-6-2-7-18-21(17)16-10-9-15(20-8-3-11-26-20)12-19(16)24(18)13-14-4-1-5-14/h2-3,6-12,14H,1,4-5,13H2,(H2,23,25). The largest absolute Gasteiger partial charge is 0.366 e. The number of carbonyl (C=O) groups excluding carboxylic acids is 1. The highest BCUT2D eigenvalue weighted by Crippen LogP contribution is 2.37. The van der Waals surface area contributed by atoms with Gasteiger partial charge < -0.3 is 10.3 Å². The van der Waals surface area contributed by atoms with Crippen LogP contribution in [0.5, 0.6) is 0 Å². The van der Waals surface area contributed by atoms with Crippen LogP contribution in [0.25, 0.3) is 32.2 Å². The fourth-order valence-corrected chi connectivity index (χ4v) is 4.80. The van der Waals surface area contributed by atoms with Gasteiger partial charge in [-0.1, -0.05) is 30.7 Å². The van der Waals surface area contributed by atoms with E-state index < -0.39 is 0 Å². The molecule has 4 aromatic rings. The van der Waals surface area contributed by atoms with Gasteiger partial charge in [0, 0.05) is 38.8 Å². The number of aromatic nitrogens is 1. The highest BCUT2D eigenvalue weighted by Gasteiger charge is 2.22. The van der Waals surface area contributed by atoms with Crippen molar-refractivity contribution in [3.8, 4) is 10.4 Å². The Bertz CT molecular complexity index is 1120. The highest BCUT2D eigenvalue weighted by molar-refractivity contribution is 7.13. The van der Waals surface area contributed by atoms with Gasteiger partial charge in [0.2, 0.25) is 5.91 Å². The first kappa shape index (κ1) is 15.6. The van der Waals surface area contributed by atoms with E-state index in [1.165, 1.54) is 35.2 Å². The van der Waals surface area contributed by atoms with Crippen LogP contribution in [-0.4, -0.2) is 10.5 Å². The van der Waals surface area contributed by atoms with Crippen molar-refractivity contribution in [2.45, 2.75) is 25.8 Å². The second-order valence-corrected chi connectivity index (χ2v) is 8.13. The summed E-state index contributed by atoms with van der Waals surface area (Å²) in [7, 11) is 0. The van der Waals surface area contributed by atoms with Gasteiger partial charge in [-0.3, -0.25) is 4.79 Å². The lowest BCUT2D eigenvalue weighted by atomic mass is 9.85. The van der Waals surface area contributed by atoms with Crippen LogP contribution in [0.4, 0.5) is 0 Å². The number of nitrogens with two attached hydrogens (primary N) is 1. The Morgan fingerprint density at radius 2 is 2.00 bits per heavy atom. The average molecular weight is 360 g/mol. The highest BCUT2D eigenvalue weighted by atomic mass is 32.1. The molecule has 26 heavy (non-hydrogen) atoms. The summed E-state index contributed by atoms with van der Waals surface area (Å²) in [4.78, 5) is 13.3. The third kappa shape index (κ3) is 2.36. The molecule has 0 spiro atoms. The van der Waals surface area contributed by atoms with Gasteiger partial charge in [-0.15, -0.1) is 11.3 Å². The Kier molecular flexibility index (Phi) is 3.61. The number of fused-ring (bicyclic) bond motifs is 3. The van der Waals surface area contributed by atoms with Crippen LogP contribution < -0.4 is 5.73 Å². The lowest BCUT2D eigenvalue weighted by molar-refractivity contribution is 0.100. The average Bonchev–Trinajstić information content (AvgIpc) is 3.24. The van der Waals surface area contributed by atoms with Crippen LogP contribution in [0.2, 0.25) is 0 Å². The van der Waals surface area contributed by atoms with E-state index in [0.717, 1.165) is 28.8 Å². The fraction of sp³-hybridized carbons (Fsp3) is 0.227. The van der Waals surface area contributed by atoms with Gasteiger partial charge in [-0.05, 0) is 54.0 Å². The Labute approximate surface area is 156 Å². The lowest BCUT2D eigenvalue weighted by Gasteiger charge is -2.26. The van der Waals surface area contributed by atoms with Crippen LogP contribution in [0.15, 0.2) is 53.9 Å². The fourth-order valence-electron chi connectivity index (χ4n) is 4.08.